The van der Waals surface area contributed by atoms with Crippen molar-refractivity contribution in [2.45, 2.75) is 31.1 Å². The van der Waals surface area contributed by atoms with Crippen molar-refractivity contribution < 1.29 is 19.0 Å². The van der Waals surface area contributed by atoms with E-state index in [1.807, 2.05) is 26.0 Å². The van der Waals surface area contributed by atoms with Crippen LogP contribution in [0.2, 0.25) is 0 Å². The van der Waals surface area contributed by atoms with Gasteiger partial charge in [-0.3, -0.25) is 4.79 Å². The number of hydrogen-bond donors (Lipinski definition) is 0. The number of ether oxygens (including phenoxy) is 3. The van der Waals surface area contributed by atoms with E-state index in [1.54, 1.807) is 11.8 Å². The van der Waals surface area contributed by atoms with Gasteiger partial charge in [-0.15, -0.1) is 11.8 Å². The average Bonchev–Trinajstić information content (AvgIpc) is 2.42. The summed E-state index contributed by atoms with van der Waals surface area (Å²) in [5, 5.41) is 0. The highest BCUT2D eigenvalue weighted by Gasteiger charge is 2.40. The van der Waals surface area contributed by atoms with Gasteiger partial charge in [0.05, 0.1) is 37.6 Å². The standard InChI is InChI=1S/C16H22O4S/c1-12(2)20-14-6-4-13(5-7-14)16(10-19-11-16)21-9-8-15(17)18-3/h4-7,12H,8-11H2,1-3H3. The second kappa shape index (κ2) is 7.18. The number of esters is 1. The Morgan fingerprint density at radius 3 is 2.48 bits per heavy atom. The van der Waals surface area contributed by atoms with Gasteiger partial charge in [0.1, 0.15) is 5.75 Å². The topological polar surface area (TPSA) is 44.8 Å². The Hall–Kier alpha value is -1.20. The lowest BCUT2D eigenvalue weighted by Crippen LogP contribution is -2.44. The molecule has 1 aliphatic rings. The molecule has 116 valence electrons. The third-order valence-corrected chi connectivity index (χ3v) is 4.77. The van der Waals surface area contributed by atoms with E-state index in [9.17, 15) is 4.79 Å². The second-order valence-corrected chi connectivity index (χ2v) is 6.83. The highest BCUT2D eigenvalue weighted by Crippen LogP contribution is 2.43. The van der Waals surface area contributed by atoms with Crippen molar-refractivity contribution >= 4 is 17.7 Å². The van der Waals surface area contributed by atoms with Gasteiger partial charge < -0.3 is 14.2 Å². The molecule has 1 saturated heterocycles. The minimum atomic E-state index is -0.168. The highest BCUT2D eigenvalue weighted by molar-refractivity contribution is 8.00. The Morgan fingerprint density at radius 2 is 2.00 bits per heavy atom. The minimum Gasteiger partial charge on any atom is -0.491 e. The SMILES string of the molecule is COC(=O)CCSC1(c2ccc(OC(C)C)cc2)COC1. The highest BCUT2D eigenvalue weighted by atomic mass is 32.2. The summed E-state index contributed by atoms with van der Waals surface area (Å²) in [6.45, 7) is 5.39. The molecule has 1 heterocycles. The zero-order valence-corrected chi connectivity index (χ0v) is 13.6. The molecule has 0 atom stereocenters. The summed E-state index contributed by atoms with van der Waals surface area (Å²) in [5.74, 6) is 1.45. The molecule has 0 spiro atoms. The first-order valence-electron chi connectivity index (χ1n) is 7.11. The van der Waals surface area contributed by atoms with Crippen LogP contribution in [-0.2, 0) is 19.0 Å². The molecule has 4 nitrogen and oxygen atoms in total. The number of carbonyl (C=O) groups excluding carboxylic acids is 1. The molecule has 0 saturated carbocycles. The Kier molecular flexibility index (Phi) is 5.53. The van der Waals surface area contributed by atoms with E-state index in [0.717, 1.165) is 11.5 Å². The summed E-state index contributed by atoms with van der Waals surface area (Å²) in [5.41, 5.74) is 1.22. The zero-order chi connectivity index (χ0) is 15.3. The van der Waals surface area contributed by atoms with Crippen LogP contribution in [0.1, 0.15) is 25.8 Å². The Balaban J connectivity index is 1.98. The molecular formula is C16H22O4S. The Bertz CT molecular complexity index is 466. The molecule has 1 fully saturated rings. The molecule has 0 N–H and O–H groups in total. The van der Waals surface area contributed by atoms with Gasteiger partial charge >= 0.3 is 5.97 Å². The van der Waals surface area contributed by atoms with Gasteiger partial charge in [0.25, 0.3) is 0 Å². The van der Waals surface area contributed by atoms with Crippen molar-refractivity contribution in [3.63, 3.8) is 0 Å². The Labute approximate surface area is 130 Å². The molecule has 0 bridgehead atoms. The van der Waals surface area contributed by atoms with Gasteiger partial charge in [-0.25, -0.2) is 0 Å². The maximum atomic E-state index is 11.2. The summed E-state index contributed by atoms with van der Waals surface area (Å²) >= 11 is 1.76. The van der Waals surface area contributed by atoms with Crippen molar-refractivity contribution in [2.75, 3.05) is 26.1 Å². The van der Waals surface area contributed by atoms with Gasteiger partial charge in [-0.05, 0) is 31.5 Å². The molecule has 1 aromatic rings. The predicted molar refractivity (Wildman–Crippen MR) is 83.8 cm³/mol. The quantitative estimate of drug-likeness (QED) is 0.724. The number of methoxy groups -OCH3 is 1. The molecule has 0 radical (unpaired) electrons. The van der Waals surface area contributed by atoms with E-state index in [1.165, 1.54) is 12.7 Å². The monoisotopic (exact) mass is 310 g/mol. The molecule has 0 aromatic heterocycles. The van der Waals surface area contributed by atoms with Crippen LogP contribution in [0.25, 0.3) is 0 Å². The van der Waals surface area contributed by atoms with Crippen LogP contribution in [0.5, 0.6) is 5.75 Å². The maximum Gasteiger partial charge on any atom is 0.306 e. The van der Waals surface area contributed by atoms with Gasteiger partial charge in [-0.2, -0.15) is 0 Å². The first-order valence-corrected chi connectivity index (χ1v) is 8.10. The number of rotatable bonds is 7. The van der Waals surface area contributed by atoms with E-state index in [-0.39, 0.29) is 16.8 Å². The van der Waals surface area contributed by atoms with Gasteiger partial charge in [0, 0.05) is 5.75 Å². The fraction of sp³-hybridized carbons (Fsp3) is 0.562. The van der Waals surface area contributed by atoms with E-state index >= 15 is 0 Å². The molecule has 0 unspecified atom stereocenters. The largest absolute Gasteiger partial charge is 0.491 e. The summed E-state index contributed by atoms with van der Waals surface area (Å²) in [7, 11) is 1.42. The van der Waals surface area contributed by atoms with E-state index in [0.29, 0.717) is 19.6 Å². The van der Waals surface area contributed by atoms with Crippen LogP contribution in [-0.4, -0.2) is 38.1 Å². The van der Waals surface area contributed by atoms with Crippen molar-refractivity contribution in [1.82, 2.24) is 0 Å². The van der Waals surface area contributed by atoms with Gasteiger partial charge in [0.15, 0.2) is 0 Å². The minimum absolute atomic E-state index is 0.0373. The van der Waals surface area contributed by atoms with Crippen LogP contribution < -0.4 is 4.74 Å². The van der Waals surface area contributed by atoms with Gasteiger partial charge in [0.2, 0.25) is 0 Å². The number of carbonyl (C=O) groups is 1. The van der Waals surface area contributed by atoms with E-state index in [2.05, 4.69) is 16.9 Å². The first kappa shape index (κ1) is 16.2. The van der Waals surface area contributed by atoms with Crippen LogP contribution in [0, 0.1) is 0 Å². The van der Waals surface area contributed by atoms with Gasteiger partial charge in [-0.1, -0.05) is 12.1 Å². The summed E-state index contributed by atoms with van der Waals surface area (Å²) in [4.78, 5) is 11.2. The number of thioether (sulfide) groups is 1. The van der Waals surface area contributed by atoms with Crippen LogP contribution in [0.3, 0.4) is 0 Å². The smallest absolute Gasteiger partial charge is 0.306 e. The lowest BCUT2D eigenvalue weighted by Gasteiger charge is -2.41. The molecule has 21 heavy (non-hydrogen) atoms. The summed E-state index contributed by atoms with van der Waals surface area (Å²) in [6, 6.07) is 8.17. The van der Waals surface area contributed by atoms with Crippen LogP contribution >= 0.6 is 11.8 Å². The van der Waals surface area contributed by atoms with E-state index in [4.69, 9.17) is 9.47 Å². The van der Waals surface area contributed by atoms with Crippen LogP contribution in [0.4, 0.5) is 0 Å². The molecule has 2 rings (SSSR count). The average molecular weight is 310 g/mol. The summed E-state index contributed by atoms with van der Waals surface area (Å²) in [6.07, 6.45) is 0.601. The molecule has 0 aliphatic carbocycles. The molecule has 1 aromatic carbocycles. The van der Waals surface area contributed by atoms with Crippen molar-refractivity contribution in [3.05, 3.63) is 29.8 Å². The third-order valence-electron chi connectivity index (χ3n) is 3.33. The normalized spacial score (nSPS) is 16.4. The molecular weight excluding hydrogens is 288 g/mol. The first-order chi connectivity index (χ1) is 10.1. The molecule has 0 amide bonds. The van der Waals surface area contributed by atoms with Crippen molar-refractivity contribution in [3.8, 4) is 5.75 Å². The predicted octanol–water partition coefficient (Wildman–Crippen LogP) is 3.00. The molecule has 5 heteroatoms. The summed E-state index contributed by atoms with van der Waals surface area (Å²) < 4.78 is 15.7. The fourth-order valence-electron chi connectivity index (χ4n) is 2.16. The maximum absolute atomic E-state index is 11.2. The fourth-order valence-corrected chi connectivity index (χ4v) is 3.46. The third kappa shape index (κ3) is 4.14. The zero-order valence-electron chi connectivity index (χ0n) is 12.8. The van der Waals surface area contributed by atoms with E-state index < -0.39 is 0 Å². The Morgan fingerprint density at radius 1 is 1.33 bits per heavy atom. The molecule has 1 aliphatic heterocycles. The number of hydrogen-bond acceptors (Lipinski definition) is 5. The lowest BCUT2D eigenvalue weighted by molar-refractivity contribution is -0.140. The van der Waals surface area contributed by atoms with Crippen LogP contribution in [0.15, 0.2) is 24.3 Å². The second-order valence-electron chi connectivity index (χ2n) is 5.35. The van der Waals surface area contributed by atoms with Crippen molar-refractivity contribution in [2.24, 2.45) is 0 Å². The van der Waals surface area contributed by atoms with Crippen molar-refractivity contribution in [1.29, 1.82) is 0 Å². The lowest BCUT2D eigenvalue weighted by atomic mass is 9.96. The number of benzene rings is 1.